The van der Waals surface area contributed by atoms with E-state index in [2.05, 4.69) is 0 Å². The van der Waals surface area contributed by atoms with Gasteiger partial charge in [0.15, 0.2) is 17.3 Å². The van der Waals surface area contributed by atoms with E-state index in [0.29, 0.717) is 5.75 Å². The second kappa shape index (κ2) is 3.50. The average molecular weight is 232 g/mol. The number of hydrogen-bond donors (Lipinski definition) is 3. The van der Waals surface area contributed by atoms with E-state index in [0.717, 1.165) is 0 Å². The van der Waals surface area contributed by atoms with Gasteiger partial charge in [-0.3, -0.25) is 4.57 Å². The average Bonchev–Trinajstić information content (AvgIpc) is 2.62. The molecule has 0 fully saturated rings. The monoisotopic (exact) mass is 232 g/mol. The molecule has 0 aromatic heterocycles. The van der Waals surface area contributed by atoms with Gasteiger partial charge in [-0.15, -0.1) is 0 Å². The van der Waals surface area contributed by atoms with Gasteiger partial charge >= 0.3 is 7.60 Å². The Hall–Kier alpha value is -1.07. The first-order chi connectivity index (χ1) is 7.00. The Labute approximate surface area is 85.2 Å². The number of hydrogen-bond acceptors (Lipinski definition) is 4. The fourth-order valence-electron chi connectivity index (χ4n) is 1.34. The van der Waals surface area contributed by atoms with Crippen molar-refractivity contribution in [1.29, 1.82) is 0 Å². The van der Waals surface area contributed by atoms with E-state index in [1.807, 2.05) is 0 Å². The standard InChI is InChI=1S/C8H9O6P/c9-8(15(10,11)12)5-2-1-3-6-7(5)14-4-13-6/h1-3,8-9H,4H2,(H2,10,11,12). The first-order valence-corrected chi connectivity index (χ1v) is 5.80. The molecule has 0 amide bonds. The maximum absolute atomic E-state index is 10.9. The molecule has 15 heavy (non-hydrogen) atoms. The highest BCUT2D eigenvalue weighted by Crippen LogP contribution is 2.53. The number of aliphatic hydroxyl groups excluding tert-OH is 1. The second-order valence-electron chi connectivity index (χ2n) is 3.04. The normalized spacial score (nSPS) is 16.5. The predicted octanol–water partition coefficient (Wildman–Crippen LogP) is 0.584. The molecule has 1 atom stereocenters. The summed E-state index contributed by atoms with van der Waals surface area (Å²) in [7, 11) is -4.59. The summed E-state index contributed by atoms with van der Waals surface area (Å²) in [5, 5.41) is 9.42. The van der Waals surface area contributed by atoms with Crippen LogP contribution >= 0.6 is 7.60 Å². The quantitative estimate of drug-likeness (QED) is 0.645. The molecule has 7 heteroatoms. The lowest BCUT2D eigenvalue weighted by Crippen LogP contribution is -2.00. The first kappa shape index (κ1) is 10.4. The lowest BCUT2D eigenvalue weighted by atomic mass is 10.2. The Bertz CT molecular complexity index is 425. The van der Waals surface area contributed by atoms with E-state index in [1.165, 1.54) is 12.1 Å². The molecule has 1 aliphatic heterocycles. The van der Waals surface area contributed by atoms with E-state index in [9.17, 15) is 9.67 Å². The van der Waals surface area contributed by atoms with Gasteiger partial charge in [0.25, 0.3) is 0 Å². The molecule has 0 radical (unpaired) electrons. The minimum atomic E-state index is -4.59. The highest BCUT2D eigenvalue weighted by Gasteiger charge is 2.33. The smallest absolute Gasteiger partial charge is 0.358 e. The summed E-state index contributed by atoms with van der Waals surface area (Å²) in [5.74, 6) is -1.32. The number of para-hydroxylation sites is 1. The van der Waals surface area contributed by atoms with Gasteiger partial charge in [-0.1, -0.05) is 12.1 Å². The van der Waals surface area contributed by atoms with Crippen molar-refractivity contribution in [2.75, 3.05) is 6.79 Å². The number of aliphatic hydroxyl groups is 1. The Morgan fingerprint density at radius 1 is 1.33 bits per heavy atom. The molecule has 1 aliphatic rings. The molecule has 82 valence electrons. The molecule has 1 heterocycles. The SMILES string of the molecule is O=P(O)(O)C(O)c1cccc2c1OCO2. The Morgan fingerprint density at radius 2 is 2.07 bits per heavy atom. The summed E-state index contributed by atoms with van der Waals surface area (Å²) in [6.07, 6.45) is 0. The van der Waals surface area contributed by atoms with Gasteiger partial charge in [-0.25, -0.2) is 0 Å². The molecule has 0 spiro atoms. The van der Waals surface area contributed by atoms with Crippen molar-refractivity contribution in [3.63, 3.8) is 0 Å². The van der Waals surface area contributed by atoms with Gasteiger partial charge in [0.05, 0.1) is 0 Å². The number of rotatable bonds is 2. The lowest BCUT2D eigenvalue weighted by molar-refractivity contribution is 0.167. The number of ether oxygens (including phenoxy) is 2. The highest BCUT2D eigenvalue weighted by molar-refractivity contribution is 7.51. The van der Waals surface area contributed by atoms with Crippen LogP contribution in [0.4, 0.5) is 0 Å². The van der Waals surface area contributed by atoms with E-state index >= 15 is 0 Å². The molecule has 0 saturated carbocycles. The van der Waals surface area contributed by atoms with Crippen LogP contribution in [0.5, 0.6) is 11.5 Å². The largest absolute Gasteiger partial charge is 0.454 e. The van der Waals surface area contributed by atoms with Crippen LogP contribution in [0, 0.1) is 0 Å². The Morgan fingerprint density at radius 3 is 2.73 bits per heavy atom. The topological polar surface area (TPSA) is 96.2 Å². The molecule has 1 unspecified atom stereocenters. The molecule has 0 aliphatic carbocycles. The second-order valence-corrected chi connectivity index (χ2v) is 4.71. The zero-order chi connectivity index (χ0) is 11.1. The van der Waals surface area contributed by atoms with Crippen molar-refractivity contribution in [1.82, 2.24) is 0 Å². The summed E-state index contributed by atoms with van der Waals surface area (Å²) in [6, 6.07) is 4.51. The van der Waals surface area contributed by atoms with Gasteiger partial charge in [-0.05, 0) is 6.07 Å². The van der Waals surface area contributed by atoms with Crippen LogP contribution < -0.4 is 9.47 Å². The summed E-state index contributed by atoms with van der Waals surface area (Å²) in [4.78, 5) is 17.7. The van der Waals surface area contributed by atoms with E-state index in [4.69, 9.17) is 19.3 Å². The third-order valence-corrected chi connectivity index (χ3v) is 2.94. The van der Waals surface area contributed by atoms with Gasteiger partial charge in [0, 0.05) is 5.56 Å². The van der Waals surface area contributed by atoms with Crippen LogP contribution in [-0.4, -0.2) is 21.7 Å². The van der Waals surface area contributed by atoms with E-state index < -0.39 is 13.4 Å². The van der Waals surface area contributed by atoms with Crippen molar-refractivity contribution in [2.24, 2.45) is 0 Å². The molecular weight excluding hydrogens is 223 g/mol. The van der Waals surface area contributed by atoms with Crippen LogP contribution in [0.1, 0.15) is 11.4 Å². The molecule has 1 aromatic rings. The molecule has 1 aromatic carbocycles. The fraction of sp³-hybridized carbons (Fsp3) is 0.250. The van der Waals surface area contributed by atoms with Crippen molar-refractivity contribution >= 4 is 7.60 Å². The fourth-order valence-corrected chi connectivity index (χ4v) is 1.90. The molecule has 3 N–H and O–H groups in total. The van der Waals surface area contributed by atoms with Gasteiger partial charge in [-0.2, -0.15) is 0 Å². The van der Waals surface area contributed by atoms with Crippen molar-refractivity contribution in [3.8, 4) is 11.5 Å². The van der Waals surface area contributed by atoms with E-state index in [1.54, 1.807) is 6.07 Å². The summed E-state index contributed by atoms with van der Waals surface area (Å²) in [6.45, 7) is -0.0137. The number of fused-ring (bicyclic) bond motifs is 1. The van der Waals surface area contributed by atoms with Crippen molar-refractivity contribution in [2.45, 2.75) is 5.85 Å². The molecule has 0 bridgehead atoms. The van der Waals surface area contributed by atoms with Crippen LogP contribution in [0.2, 0.25) is 0 Å². The van der Waals surface area contributed by atoms with Crippen molar-refractivity contribution < 1.29 is 28.9 Å². The minimum absolute atomic E-state index is 0.0137. The predicted molar refractivity (Wildman–Crippen MR) is 49.6 cm³/mol. The van der Waals surface area contributed by atoms with Gasteiger partial charge in [0.1, 0.15) is 0 Å². The highest BCUT2D eigenvalue weighted by atomic mass is 31.2. The summed E-state index contributed by atoms with van der Waals surface area (Å²) in [5.41, 5.74) is 0.0401. The van der Waals surface area contributed by atoms with Crippen LogP contribution in [-0.2, 0) is 4.57 Å². The number of benzene rings is 1. The Balaban J connectivity index is 2.46. The van der Waals surface area contributed by atoms with Crippen molar-refractivity contribution in [3.05, 3.63) is 23.8 Å². The third kappa shape index (κ3) is 1.85. The van der Waals surface area contributed by atoms with Crippen LogP contribution in [0.15, 0.2) is 18.2 Å². The first-order valence-electron chi connectivity index (χ1n) is 4.12. The molecule has 6 nitrogen and oxygen atoms in total. The maximum Gasteiger partial charge on any atom is 0.358 e. The zero-order valence-electron chi connectivity index (χ0n) is 7.53. The minimum Gasteiger partial charge on any atom is -0.454 e. The molecular formula is C8H9O6P. The van der Waals surface area contributed by atoms with Crippen LogP contribution in [0.3, 0.4) is 0 Å². The third-order valence-electron chi connectivity index (χ3n) is 2.02. The van der Waals surface area contributed by atoms with E-state index in [-0.39, 0.29) is 18.1 Å². The van der Waals surface area contributed by atoms with Gasteiger partial charge in [0.2, 0.25) is 6.79 Å². The van der Waals surface area contributed by atoms with Gasteiger partial charge < -0.3 is 24.4 Å². The zero-order valence-corrected chi connectivity index (χ0v) is 8.42. The lowest BCUT2D eigenvalue weighted by Gasteiger charge is -2.14. The summed E-state index contributed by atoms with van der Waals surface area (Å²) < 4.78 is 20.9. The maximum atomic E-state index is 10.9. The van der Waals surface area contributed by atoms with Crippen LogP contribution in [0.25, 0.3) is 0 Å². The summed E-state index contributed by atoms with van der Waals surface area (Å²) >= 11 is 0. The Kier molecular flexibility index (Phi) is 2.44. The molecule has 2 rings (SSSR count). The molecule has 0 saturated heterocycles.